The van der Waals surface area contributed by atoms with Crippen molar-refractivity contribution in [3.05, 3.63) is 65.5 Å². The van der Waals surface area contributed by atoms with Crippen LogP contribution in [-0.4, -0.2) is 52.9 Å². The number of benzene rings is 2. The molecule has 0 saturated heterocycles. The monoisotopic (exact) mass is 477 g/mol. The Morgan fingerprint density at radius 1 is 1.09 bits per heavy atom. The molecule has 4 N–H and O–H groups in total. The molecule has 4 rings (SSSR count). The molecule has 1 aliphatic heterocycles. The van der Waals surface area contributed by atoms with E-state index in [1.807, 2.05) is 0 Å². The van der Waals surface area contributed by atoms with Gasteiger partial charge >= 0.3 is 0 Å². The van der Waals surface area contributed by atoms with E-state index < -0.39 is 5.91 Å². The van der Waals surface area contributed by atoms with Gasteiger partial charge in [-0.05, 0) is 67.8 Å². The fraction of sp³-hybridized carbons (Fsp3) is 0.280. The second-order valence-corrected chi connectivity index (χ2v) is 8.13. The lowest BCUT2D eigenvalue weighted by molar-refractivity contribution is -0.116. The summed E-state index contributed by atoms with van der Waals surface area (Å²) in [6.45, 7) is 0.416. The second-order valence-electron chi connectivity index (χ2n) is 8.13. The van der Waals surface area contributed by atoms with Gasteiger partial charge in [-0.1, -0.05) is 0 Å². The van der Waals surface area contributed by atoms with Crippen molar-refractivity contribution in [2.75, 3.05) is 30.5 Å². The fourth-order valence-corrected chi connectivity index (χ4v) is 4.06. The quantitative estimate of drug-likeness (QED) is 0.404. The van der Waals surface area contributed by atoms with Crippen LogP contribution in [0.5, 0.6) is 5.75 Å². The van der Waals surface area contributed by atoms with E-state index in [9.17, 15) is 14.4 Å². The molecule has 2 aromatic carbocycles. The van der Waals surface area contributed by atoms with Crippen LogP contribution in [0.4, 0.5) is 11.4 Å². The Morgan fingerprint density at radius 2 is 1.77 bits per heavy atom. The lowest BCUT2D eigenvalue weighted by Gasteiger charge is -2.28. The Morgan fingerprint density at radius 3 is 2.40 bits per heavy atom. The standard InChI is InChI=1S/C25H27N5O5/c1-35-19-11-9-18(10-12-19)30-23-20(22(28-30)24(26)33)13-14-29(25(23)34)17-7-5-16(6-8-17)27-21(32)4-2-3-15-31/h5-12,31H,2-4,13-15H2,1H3,(H2,26,33)(H,27,32). The average molecular weight is 478 g/mol. The molecule has 0 spiro atoms. The number of methoxy groups -OCH3 is 1. The molecule has 3 aromatic rings. The van der Waals surface area contributed by atoms with Crippen molar-refractivity contribution >= 4 is 29.1 Å². The molecule has 35 heavy (non-hydrogen) atoms. The van der Waals surface area contributed by atoms with Crippen molar-refractivity contribution in [2.24, 2.45) is 5.73 Å². The summed E-state index contributed by atoms with van der Waals surface area (Å²) in [6, 6.07) is 14.0. The van der Waals surface area contributed by atoms with Gasteiger partial charge in [0, 0.05) is 36.5 Å². The van der Waals surface area contributed by atoms with Gasteiger partial charge in [-0.15, -0.1) is 0 Å². The fourth-order valence-electron chi connectivity index (χ4n) is 4.06. The van der Waals surface area contributed by atoms with Gasteiger partial charge in [0.2, 0.25) is 5.91 Å². The minimum atomic E-state index is -0.686. The molecule has 0 radical (unpaired) electrons. The Balaban J connectivity index is 1.59. The first kappa shape index (κ1) is 24.0. The Kier molecular flexibility index (Phi) is 7.11. The van der Waals surface area contributed by atoms with E-state index in [-0.39, 0.29) is 29.8 Å². The molecular weight excluding hydrogens is 450 g/mol. The number of aliphatic hydroxyl groups is 1. The molecule has 0 fully saturated rings. The third kappa shape index (κ3) is 5.02. The number of ether oxygens (including phenoxy) is 1. The van der Waals surface area contributed by atoms with E-state index in [2.05, 4.69) is 10.4 Å². The van der Waals surface area contributed by atoms with Gasteiger partial charge in [0.15, 0.2) is 5.69 Å². The minimum absolute atomic E-state index is 0.0614. The number of fused-ring (bicyclic) bond motifs is 1. The van der Waals surface area contributed by atoms with Gasteiger partial charge in [0.1, 0.15) is 11.4 Å². The van der Waals surface area contributed by atoms with Crippen LogP contribution >= 0.6 is 0 Å². The second kappa shape index (κ2) is 10.4. The van der Waals surface area contributed by atoms with Crippen LogP contribution in [0.15, 0.2) is 48.5 Å². The number of nitrogens with zero attached hydrogens (tertiary/aromatic N) is 3. The molecule has 10 heteroatoms. The number of hydrogen-bond donors (Lipinski definition) is 3. The molecule has 0 bridgehead atoms. The molecule has 1 aliphatic rings. The van der Waals surface area contributed by atoms with E-state index in [0.717, 1.165) is 0 Å². The van der Waals surface area contributed by atoms with E-state index >= 15 is 0 Å². The number of nitrogens with two attached hydrogens (primary N) is 1. The van der Waals surface area contributed by atoms with Gasteiger partial charge in [-0.2, -0.15) is 5.10 Å². The highest BCUT2D eigenvalue weighted by Crippen LogP contribution is 2.30. The van der Waals surface area contributed by atoms with Crippen molar-refractivity contribution < 1.29 is 24.2 Å². The number of hydrogen-bond acceptors (Lipinski definition) is 6. The van der Waals surface area contributed by atoms with Gasteiger partial charge < -0.3 is 25.8 Å². The highest BCUT2D eigenvalue weighted by molar-refractivity contribution is 6.09. The molecule has 3 amide bonds. The molecule has 0 saturated carbocycles. The number of rotatable bonds is 9. The first-order valence-corrected chi connectivity index (χ1v) is 11.3. The summed E-state index contributed by atoms with van der Waals surface area (Å²) in [5, 5.41) is 16.0. The van der Waals surface area contributed by atoms with Crippen LogP contribution < -0.4 is 20.7 Å². The van der Waals surface area contributed by atoms with Crippen molar-refractivity contribution in [3.8, 4) is 11.4 Å². The largest absolute Gasteiger partial charge is 0.497 e. The summed E-state index contributed by atoms with van der Waals surface area (Å²) in [5.74, 6) is -0.470. The van der Waals surface area contributed by atoms with Gasteiger partial charge in [0.05, 0.1) is 12.8 Å². The number of amides is 3. The number of carbonyl (C=O) groups is 3. The molecule has 182 valence electrons. The van der Waals surface area contributed by atoms with Crippen molar-refractivity contribution in [1.82, 2.24) is 9.78 Å². The Hall–Kier alpha value is -4.18. The molecule has 1 aromatic heterocycles. The summed E-state index contributed by atoms with van der Waals surface area (Å²) in [6.07, 6.45) is 1.93. The highest BCUT2D eigenvalue weighted by Gasteiger charge is 2.34. The number of anilines is 2. The Bertz CT molecular complexity index is 1230. The average Bonchev–Trinajstić information content (AvgIpc) is 3.26. The van der Waals surface area contributed by atoms with Gasteiger partial charge in [-0.25, -0.2) is 4.68 Å². The van der Waals surface area contributed by atoms with Crippen LogP contribution in [0.25, 0.3) is 5.69 Å². The van der Waals surface area contributed by atoms with E-state index in [0.29, 0.717) is 60.6 Å². The zero-order valence-corrected chi connectivity index (χ0v) is 19.4. The van der Waals surface area contributed by atoms with Crippen LogP contribution in [-0.2, 0) is 11.2 Å². The van der Waals surface area contributed by atoms with Crippen LogP contribution in [0, 0.1) is 0 Å². The summed E-state index contributed by atoms with van der Waals surface area (Å²) in [5.41, 5.74) is 8.33. The summed E-state index contributed by atoms with van der Waals surface area (Å²) < 4.78 is 6.65. The minimum Gasteiger partial charge on any atom is -0.497 e. The molecule has 0 aliphatic carbocycles. The van der Waals surface area contributed by atoms with Crippen LogP contribution in [0.1, 0.15) is 45.8 Å². The van der Waals surface area contributed by atoms with E-state index in [4.69, 9.17) is 15.6 Å². The number of carbonyl (C=O) groups excluding carboxylic acids is 3. The van der Waals surface area contributed by atoms with Gasteiger partial charge in [-0.3, -0.25) is 14.4 Å². The summed E-state index contributed by atoms with van der Waals surface area (Å²) >= 11 is 0. The molecule has 10 nitrogen and oxygen atoms in total. The third-order valence-electron chi connectivity index (χ3n) is 5.84. The van der Waals surface area contributed by atoms with Crippen molar-refractivity contribution in [1.29, 1.82) is 0 Å². The first-order valence-electron chi connectivity index (χ1n) is 11.3. The highest BCUT2D eigenvalue weighted by atomic mass is 16.5. The number of primary amides is 1. The predicted molar refractivity (Wildman–Crippen MR) is 130 cm³/mol. The number of aromatic nitrogens is 2. The Labute approximate surface area is 202 Å². The maximum absolute atomic E-state index is 13.6. The molecular formula is C25H27N5O5. The SMILES string of the molecule is COc1ccc(-n2nc(C(N)=O)c3c2C(=O)N(c2ccc(NC(=O)CCCCO)cc2)CC3)cc1. The first-order chi connectivity index (χ1) is 16.9. The number of aliphatic hydroxyl groups excluding tert-OH is 1. The lowest BCUT2D eigenvalue weighted by atomic mass is 10.0. The normalized spacial score (nSPS) is 12.9. The van der Waals surface area contributed by atoms with Crippen LogP contribution in [0.2, 0.25) is 0 Å². The van der Waals surface area contributed by atoms with Crippen molar-refractivity contribution in [2.45, 2.75) is 25.7 Å². The number of unbranched alkanes of at least 4 members (excludes halogenated alkanes) is 1. The van der Waals surface area contributed by atoms with Gasteiger partial charge in [0.25, 0.3) is 11.8 Å². The third-order valence-corrected chi connectivity index (χ3v) is 5.84. The van der Waals surface area contributed by atoms with E-state index in [1.165, 1.54) is 4.68 Å². The number of nitrogens with one attached hydrogen (secondary N) is 1. The van der Waals surface area contributed by atoms with Crippen LogP contribution in [0.3, 0.4) is 0 Å². The summed E-state index contributed by atoms with van der Waals surface area (Å²) in [7, 11) is 1.56. The maximum Gasteiger partial charge on any atom is 0.277 e. The van der Waals surface area contributed by atoms with E-state index in [1.54, 1.807) is 60.5 Å². The maximum atomic E-state index is 13.6. The topological polar surface area (TPSA) is 140 Å². The molecule has 2 heterocycles. The zero-order valence-electron chi connectivity index (χ0n) is 19.4. The predicted octanol–water partition coefficient (Wildman–Crippen LogP) is 2.28. The molecule has 0 atom stereocenters. The lowest BCUT2D eigenvalue weighted by Crippen LogP contribution is -2.39. The zero-order chi connectivity index (χ0) is 24.9. The molecule has 0 unspecified atom stereocenters. The summed E-state index contributed by atoms with van der Waals surface area (Å²) in [4.78, 5) is 39.3. The van der Waals surface area contributed by atoms with Crippen molar-refractivity contribution in [3.63, 3.8) is 0 Å². The smallest absolute Gasteiger partial charge is 0.277 e.